The van der Waals surface area contributed by atoms with E-state index in [-0.39, 0.29) is 6.09 Å². The van der Waals surface area contributed by atoms with Gasteiger partial charge >= 0.3 is 6.09 Å². The highest BCUT2D eigenvalue weighted by Gasteiger charge is 2.25. The third-order valence-corrected chi connectivity index (χ3v) is 2.86. The van der Waals surface area contributed by atoms with Crippen LogP contribution >= 0.6 is 0 Å². The Morgan fingerprint density at radius 3 is 2.65 bits per heavy atom. The van der Waals surface area contributed by atoms with Gasteiger partial charge in [0.2, 0.25) is 0 Å². The van der Waals surface area contributed by atoms with Crippen molar-refractivity contribution in [2.75, 3.05) is 13.7 Å². The van der Waals surface area contributed by atoms with Crippen molar-refractivity contribution in [2.45, 2.75) is 32.8 Å². The second kappa shape index (κ2) is 5.53. The lowest BCUT2D eigenvalue weighted by molar-refractivity contribution is 0.0349. The van der Waals surface area contributed by atoms with Gasteiger partial charge in [0, 0.05) is 12.7 Å². The quantitative estimate of drug-likeness (QED) is 0.833. The molecule has 1 aliphatic rings. The highest BCUT2D eigenvalue weighted by molar-refractivity contribution is 5.76. The van der Waals surface area contributed by atoms with Gasteiger partial charge in [0.15, 0.2) is 0 Å². The third-order valence-electron chi connectivity index (χ3n) is 2.86. The van der Waals surface area contributed by atoms with Gasteiger partial charge in [0.05, 0.1) is 19.0 Å². The van der Waals surface area contributed by atoms with Crippen LogP contribution in [0.2, 0.25) is 0 Å². The predicted molar refractivity (Wildman–Crippen MR) is 76.3 cm³/mol. The summed E-state index contributed by atoms with van der Waals surface area (Å²) >= 11 is 0. The molecule has 0 unspecified atom stereocenters. The Morgan fingerprint density at radius 1 is 1.35 bits per heavy atom. The van der Waals surface area contributed by atoms with Crippen molar-refractivity contribution in [3.63, 3.8) is 0 Å². The highest BCUT2D eigenvalue weighted by Crippen LogP contribution is 2.25. The van der Waals surface area contributed by atoms with E-state index in [1.165, 1.54) is 0 Å². The first-order valence-corrected chi connectivity index (χ1v) is 6.60. The van der Waals surface area contributed by atoms with E-state index in [2.05, 4.69) is 4.98 Å². The molecular weight excluding hydrogens is 256 g/mol. The van der Waals surface area contributed by atoms with Crippen LogP contribution in [0.15, 0.2) is 24.5 Å². The van der Waals surface area contributed by atoms with Gasteiger partial charge in [-0.1, -0.05) is 0 Å². The number of hydrogen-bond donors (Lipinski definition) is 0. The molecule has 20 heavy (non-hydrogen) atoms. The first-order chi connectivity index (χ1) is 9.39. The van der Waals surface area contributed by atoms with E-state index in [0.717, 1.165) is 23.4 Å². The molecule has 0 radical (unpaired) electrons. The second-order valence-corrected chi connectivity index (χ2v) is 5.66. The van der Waals surface area contributed by atoms with Crippen LogP contribution in [0.3, 0.4) is 0 Å². The summed E-state index contributed by atoms with van der Waals surface area (Å²) in [6.45, 7) is 6.20. The van der Waals surface area contributed by atoms with Gasteiger partial charge in [-0.25, -0.2) is 4.79 Å². The maximum absolute atomic E-state index is 12.0. The van der Waals surface area contributed by atoms with Crippen molar-refractivity contribution < 1.29 is 14.3 Å². The molecule has 1 amide bonds. The zero-order valence-corrected chi connectivity index (χ0v) is 12.3. The highest BCUT2D eigenvalue weighted by atomic mass is 16.6. The molecule has 0 N–H and O–H groups in total. The molecule has 0 fully saturated rings. The second-order valence-electron chi connectivity index (χ2n) is 5.66. The fourth-order valence-electron chi connectivity index (χ4n) is 1.91. The Hall–Kier alpha value is -2.04. The number of ether oxygens (including phenoxy) is 2. The summed E-state index contributed by atoms with van der Waals surface area (Å²) in [5.74, 6) is 0.719. The van der Waals surface area contributed by atoms with Crippen LogP contribution in [0.5, 0.6) is 5.75 Å². The molecule has 1 aromatic rings. The lowest BCUT2D eigenvalue weighted by atomic mass is 10.1. The number of hydrogen-bond acceptors (Lipinski definition) is 4. The van der Waals surface area contributed by atoms with Crippen LogP contribution < -0.4 is 4.74 Å². The number of methoxy groups -OCH3 is 1. The molecule has 2 rings (SSSR count). The van der Waals surface area contributed by atoms with Gasteiger partial charge in [0.1, 0.15) is 11.4 Å². The van der Waals surface area contributed by atoms with E-state index < -0.39 is 5.60 Å². The first kappa shape index (κ1) is 14.4. The van der Waals surface area contributed by atoms with Crippen LogP contribution in [0.25, 0.3) is 5.57 Å². The summed E-state index contributed by atoms with van der Waals surface area (Å²) in [5.41, 5.74) is 1.40. The minimum Gasteiger partial charge on any atom is -0.495 e. The predicted octanol–water partition coefficient (Wildman–Crippen LogP) is 3.07. The van der Waals surface area contributed by atoms with Crippen molar-refractivity contribution in [3.8, 4) is 5.75 Å². The van der Waals surface area contributed by atoms with E-state index in [1.807, 2.05) is 39.1 Å². The van der Waals surface area contributed by atoms with Crippen LogP contribution in [-0.4, -0.2) is 35.2 Å². The maximum atomic E-state index is 12.0. The lowest BCUT2D eigenvalue weighted by Crippen LogP contribution is -2.32. The number of carbonyl (C=O) groups excluding carboxylic acids is 1. The number of amides is 1. The molecule has 0 aromatic carbocycles. The largest absolute Gasteiger partial charge is 0.495 e. The molecule has 5 heteroatoms. The number of nitrogens with zero attached hydrogens (tertiary/aromatic N) is 2. The molecular formula is C15H20N2O3. The Bertz CT molecular complexity index is 515. The van der Waals surface area contributed by atoms with Gasteiger partial charge in [-0.2, -0.15) is 0 Å². The molecule has 0 saturated carbocycles. The molecule has 1 aliphatic heterocycles. The standard InChI is InChI=1S/C15H20N2O3/c1-15(2,3)20-14(18)17-8-7-11(10-17)13-6-5-12(19-4)9-16-13/h5-6,9-10H,7-8H2,1-4H3. The Labute approximate surface area is 119 Å². The number of carbonyl (C=O) groups is 1. The maximum Gasteiger partial charge on any atom is 0.414 e. The van der Waals surface area contributed by atoms with Crippen LogP contribution in [0.1, 0.15) is 32.9 Å². The molecule has 0 aliphatic carbocycles. The Morgan fingerprint density at radius 2 is 2.10 bits per heavy atom. The molecule has 0 saturated heterocycles. The van der Waals surface area contributed by atoms with Gasteiger partial charge in [0.25, 0.3) is 0 Å². The molecule has 108 valence electrons. The van der Waals surface area contributed by atoms with E-state index >= 15 is 0 Å². The fraction of sp³-hybridized carbons (Fsp3) is 0.467. The Kier molecular flexibility index (Phi) is 3.97. The average molecular weight is 276 g/mol. The summed E-state index contributed by atoms with van der Waals surface area (Å²) < 4.78 is 10.4. The number of aromatic nitrogens is 1. The number of rotatable bonds is 2. The van der Waals surface area contributed by atoms with Crippen LogP contribution in [0.4, 0.5) is 4.79 Å². The van der Waals surface area contributed by atoms with Gasteiger partial charge < -0.3 is 9.47 Å². The summed E-state index contributed by atoms with van der Waals surface area (Å²) in [4.78, 5) is 17.9. The van der Waals surface area contributed by atoms with E-state index in [0.29, 0.717) is 6.54 Å². The molecule has 5 nitrogen and oxygen atoms in total. The Balaban J connectivity index is 2.07. The monoisotopic (exact) mass is 276 g/mol. The minimum atomic E-state index is -0.480. The van der Waals surface area contributed by atoms with Gasteiger partial charge in [-0.05, 0) is 44.9 Å². The van der Waals surface area contributed by atoms with Crippen molar-refractivity contribution in [1.82, 2.24) is 9.88 Å². The van der Waals surface area contributed by atoms with E-state index in [4.69, 9.17) is 9.47 Å². The van der Waals surface area contributed by atoms with Crippen molar-refractivity contribution >= 4 is 11.7 Å². The molecule has 0 spiro atoms. The summed E-state index contributed by atoms with van der Waals surface area (Å²) in [6.07, 6.45) is 3.94. The molecule has 2 heterocycles. The van der Waals surface area contributed by atoms with Crippen LogP contribution in [-0.2, 0) is 4.74 Å². The summed E-state index contributed by atoms with van der Waals surface area (Å²) in [5, 5.41) is 0. The first-order valence-electron chi connectivity index (χ1n) is 6.60. The SMILES string of the molecule is COc1ccc(C2=CN(C(=O)OC(C)(C)C)CC2)nc1. The molecule has 0 bridgehead atoms. The zero-order valence-electron chi connectivity index (χ0n) is 12.3. The van der Waals surface area contributed by atoms with E-state index in [9.17, 15) is 4.79 Å². The fourth-order valence-corrected chi connectivity index (χ4v) is 1.91. The topological polar surface area (TPSA) is 51.7 Å². The molecule has 0 atom stereocenters. The van der Waals surface area contributed by atoms with E-state index in [1.54, 1.807) is 18.2 Å². The van der Waals surface area contributed by atoms with Crippen molar-refractivity contribution in [1.29, 1.82) is 0 Å². The lowest BCUT2D eigenvalue weighted by Gasteiger charge is -2.23. The van der Waals surface area contributed by atoms with Crippen LogP contribution in [0, 0.1) is 0 Å². The van der Waals surface area contributed by atoms with Gasteiger partial charge in [-0.15, -0.1) is 0 Å². The van der Waals surface area contributed by atoms with Crippen molar-refractivity contribution in [2.24, 2.45) is 0 Å². The minimum absolute atomic E-state index is 0.319. The summed E-state index contributed by atoms with van der Waals surface area (Å²) in [7, 11) is 1.61. The molecule has 1 aromatic heterocycles. The average Bonchev–Trinajstić information content (AvgIpc) is 2.86. The normalized spacial score (nSPS) is 15.0. The van der Waals surface area contributed by atoms with Crippen molar-refractivity contribution in [3.05, 3.63) is 30.2 Å². The zero-order chi connectivity index (χ0) is 14.8. The third kappa shape index (κ3) is 3.50. The number of pyridine rings is 1. The van der Waals surface area contributed by atoms with Gasteiger partial charge in [-0.3, -0.25) is 9.88 Å². The summed E-state index contributed by atoms with van der Waals surface area (Å²) in [6, 6.07) is 3.75. The smallest absolute Gasteiger partial charge is 0.414 e.